The van der Waals surface area contributed by atoms with Gasteiger partial charge in [-0.25, -0.2) is 9.18 Å². The second-order valence-electron chi connectivity index (χ2n) is 6.08. The van der Waals surface area contributed by atoms with Gasteiger partial charge in [0.1, 0.15) is 11.2 Å². The molecule has 0 unspecified atom stereocenters. The lowest BCUT2D eigenvalue weighted by Gasteiger charge is -2.23. The molecule has 2 N–H and O–H groups in total. The Morgan fingerprint density at radius 3 is 2.12 bits per heavy atom. The molecule has 0 saturated carbocycles. The summed E-state index contributed by atoms with van der Waals surface area (Å²) in [6.07, 6.45) is 0. The van der Waals surface area contributed by atoms with E-state index in [4.69, 9.17) is 0 Å². The first-order valence-corrected chi connectivity index (χ1v) is 7.81. The van der Waals surface area contributed by atoms with Crippen molar-refractivity contribution in [3.63, 3.8) is 0 Å². The van der Waals surface area contributed by atoms with Gasteiger partial charge in [-0.1, -0.05) is 12.1 Å². The number of amides is 2. The molecule has 0 spiro atoms. The largest absolute Gasteiger partial charge is 0.465 e. The van der Waals surface area contributed by atoms with E-state index in [0.717, 1.165) is 0 Å². The third-order valence-corrected chi connectivity index (χ3v) is 3.82. The molecule has 0 aliphatic heterocycles. The predicted molar refractivity (Wildman–Crippen MR) is 95.2 cm³/mol. The zero-order valence-corrected chi connectivity index (χ0v) is 14.6. The summed E-state index contributed by atoms with van der Waals surface area (Å²) in [7, 11) is 1.24. The lowest BCUT2D eigenvalue weighted by atomic mass is 9.90. The quantitative estimate of drug-likeness (QED) is 0.635. The minimum Gasteiger partial charge on any atom is -0.465 e. The van der Waals surface area contributed by atoms with E-state index in [-0.39, 0.29) is 11.3 Å². The van der Waals surface area contributed by atoms with Crippen molar-refractivity contribution in [1.82, 2.24) is 0 Å². The molecule has 0 fully saturated rings. The fraction of sp³-hybridized carbons (Fsp3) is 0.211. The van der Waals surface area contributed by atoms with E-state index in [0.29, 0.717) is 5.69 Å². The lowest BCUT2D eigenvalue weighted by molar-refractivity contribution is -0.135. The highest BCUT2D eigenvalue weighted by molar-refractivity contribution is 6.15. The van der Waals surface area contributed by atoms with Crippen molar-refractivity contribution in [2.24, 2.45) is 5.41 Å². The van der Waals surface area contributed by atoms with Gasteiger partial charge in [-0.05, 0) is 50.2 Å². The highest BCUT2D eigenvalue weighted by Crippen LogP contribution is 2.24. The van der Waals surface area contributed by atoms with Crippen LogP contribution in [0.5, 0.6) is 0 Å². The second kappa shape index (κ2) is 7.77. The Balaban J connectivity index is 2.16. The summed E-state index contributed by atoms with van der Waals surface area (Å²) in [5, 5.41) is 5.15. The summed E-state index contributed by atoms with van der Waals surface area (Å²) in [6, 6.07) is 11.5. The summed E-state index contributed by atoms with van der Waals surface area (Å²) >= 11 is 0. The van der Waals surface area contributed by atoms with E-state index in [1.807, 2.05) is 0 Å². The monoisotopic (exact) mass is 358 g/mol. The zero-order chi connectivity index (χ0) is 19.3. The van der Waals surface area contributed by atoms with Gasteiger partial charge in [0.25, 0.3) is 0 Å². The van der Waals surface area contributed by atoms with Gasteiger partial charge in [0.15, 0.2) is 0 Å². The van der Waals surface area contributed by atoms with Crippen LogP contribution in [0, 0.1) is 11.2 Å². The number of ether oxygens (including phenoxy) is 1. The standard InChI is InChI=1S/C19H19FN2O4/c1-19(2,17(24)21-13-10-8-12(20)9-11-13)18(25)22-15-7-5-4-6-14(15)16(23)26-3/h4-11H,1-3H3,(H,21,24)(H,22,25). The maximum Gasteiger partial charge on any atom is 0.339 e. The molecule has 2 rings (SSSR count). The van der Waals surface area contributed by atoms with Gasteiger partial charge >= 0.3 is 5.97 Å². The Labute approximate surface area is 150 Å². The maximum atomic E-state index is 12.9. The van der Waals surface area contributed by atoms with Crippen LogP contribution >= 0.6 is 0 Å². The summed E-state index contributed by atoms with van der Waals surface area (Å²) in [5.74, 6) is -2.21. The van der Waals surface area contributed by atoms with Crippen molar-refractivity contribution in [2.45, 2.75) is 13.8 Å². The zero-order valence-electron chi connectivity index (χ0n) is 14.6. The first kappa shape index (κ1) is 19.1. The Hall–Kier alpha value is -3.22. The number of nitrogens with one attached hydrogen (secondary N) is 2. The number of halogens is 1. The molecule has 0 aliphatic rings. The fourth-order valence-electron chi connectivity index (χ4n) is 2.08. The molecule has 0 radical (unpaired) electrons. The molecule has 7 heteroatoms. The number of carbonyl (C=O) groups excluding carboxylic acids is 3. The van der Waals surface area contributed by atoms with Gasteiger partial charge < -0.3 is 15.4 Å². The van der Waals surface area contributed by atoms with Gasteiger partial charge in [-0.15, -0.1) is 0 Å². The Bertz CT molecular complexity index is 832. The van der Waals surface area contributed by atoms with Crippen LogP contribution in [0.2, 0.25) is 0 Å². The molecule has 136 valence electrons. The van der Waals surface area contributed by atoms with Crippen LogP contribution in [0.4, 0.5) is 15.8 Å². The van der Waals surface area contributed by atoms with E-state index in [2.05, 4.69) is 15.4 Å². The van der Waals surface area contributed by atoms with E-state index < -0.39 is 29.0 Å². The van der Waals surface area contributed by atoms with Crippen LogP contribution < -0.4 is 10.6 Å². The number of carbonyl (C=O) groups is 3. The summed E-state index contributed by atoms with van der Waals surface area (Å²) in [5.41, 5.74) is -0.658. The molecule has 0 saturated heterocycles. The molecular weight excluding hydrogens is 339 g/mol. The minimum atomic E-state index is -1.45. The highest BCUT2D eigenvalue weighted by atomic mass is 19.1. The van der Waals surface area contributed by atoms with Gasteiger partial charge in [-0.2, -0.15) is 0 Å². The highest BCUT2D eigenvalue weighted by Gasteiger charge is 2.36. The number of para-hydroxylation sites is 1. The third-order valence-electron chi connectivity index (χ3n) is 3.82. The summed E-state index contributed by atoms with van der Waals surface area (Å²) < 4.78 is 17.6. The maximum absolute atomic E-state index is 12.9. The number of benzene rings is 2. The Morgan fingerprint density at radius 2 is 1.50 bits per heavy atom. The number of rotatable bonds is 5. The van der Waals surface area contributed by atoms with Gasteiger partial charge in [-0.3, -0.25) is 9.59 Å². The summed E-state index contributed by atoms with van der Waals surface area (Å²) in [6.45, 7) is 2.89. The average Bonchev–Trinajstić information content (AvgIpc) is 2.63. The smallest absolute Gasteiger partial charge is 0.339 e. The van der Waals surface area contributed by atoms with Crippen LogP contribution in [0.25, 0.3) is 0 Å². The number of hydrogen-bond donors (Lipinski definition) is 2. The van der Waals surface area contributed by atoms with Crippen molar-refractivity contribution in [2.75, 3.05) is 17.7 Å². The molecule has 0 bridgehead atoms. The van der Waals surface area contributed by atoms with Crippen molar-refractivity contribution < 1.29 is 23.5 Å². The predicted octanol–water partition coefficient (Wildman–Crippen LogP) is 3.22. The first-order chi connectivity index (χ1) is 12.3. The molecule has 0 aliphatic carbocycles. The molecule has 2 aromatic rings. The third kappa shape index (κ3) is 4.24. The minimum absolute atomic E-state index is 0.179. The molecule has 2 aromatic carbocycles. The Morgan fingerprint density at radius 1 is 0.923 bits per heavy atom. The van der Waals surface area contributed by atoms with Gasteiger partial charge in [0.05, 0.1) is 18.4 Å². The van der Waals surface area contributed by atoms with Crippen molar-refractivity contribution >= 4 is 29.2 Å². The number of methoxy groups -OCH3 is 1. The van der Waals surface area contributed by atoms with E-state index in [1.165, 1.54) is 57.4 Å². The molecular formula is C19H19FN2O4. The molecule has 0 atom stereocenters. The molecule has 0 aromatic heterocycles. The second-order valence-corrected chi connectivity index (χ2v) is 6.08. The summed E-state index contributed by atoms with van der Waals surface area (Å²) in [4.78, 5) is 36.9. The first-order valence-electron chi connectivity index (χ1n) is 7.81. The van der Waals surface area contributed by atoms with Crippen molar-refractivity contribution in [1.29, 1.82) is 0 Å². The number of hydrogen-bond acceptors (Lipinski definition) is 4. The van der Waals surface area contributed by atoms with E-state index in [9.17, 15) is 18.8 Å². The number of anilines is 2. The van der Waals surface area contributed by atoms with E-state index >= 15 is 0 Å². The fourth-order valence-corrected chi connectivity index (χ4v) is 2.08. The molecule has 6 nitrogen and oxygen atoms in total. The SMILES string of the molecule is COC(=O)c1ccccc1NC(=O)C(C)(C)C(=O)Nc1ccc(F)cc1. The Kier molecular flexibility index (Phi) is 5.71. The van der Waals surface area contributed by atoms with Crippen LogP contribution in [-0.2, 0) is 14.3 Å². The van der Waals surface area contributed by atoms with Crippen LogP contribution in [0.15, 0.2) is 48.5 Å². The molecule has 2 amide bonds. The van der Waals surface area contributed by atoms with Gasteiger partial charge in [0.2, 0.25) is 11.8 Å². The topological polar surface area (TPSA) is 84.5 Å². The van der Waals surface area contributed by atoms with Crippen molar-refractivity contribution in [3.8, 4) is 0 Å². The van der Waals surface area contributed by atoms with Crippen LogP contribution in [-0.4, -0.2) is 24.9 Å². The number of esters is 1. The van der Waals surface area contributed by atoms with E-state index in [1.54, 1.807) is 12.1 Å². The molecule has 26 heavy (non-hydrogen) atoms. The van der Waals surface area contributed by atoms with Crippen molar-refractivity contribution in [3.05, 3.63) is 59.9 Å². The van der Waals surface area contributed by atoms with Crippen LogP contribution in [0.1, 0.15) is 24.2 Å². The van der Waals surface area contributed by atoms with Crippen LogP contribution in [0.3, 0.4) is 0 Å². The van der Waals surface area contributed by atoms with Gasteiger partial charge in [0, 0.05) is 5.69 Å². The lowest BCUT2D eigenvalue weighted by Crippen LogP contribution is -2.41. The average molecular weight is 358 g/mol. The molecule has 0 heterocycles. The normalized spacial score (nSPS) is 10.8.